The third-order valence-corrected chi connectivity index (χ3v) is 3.13. The fraction of sp³-hybridized carbons (Fsp3) is 0.250. The number of benzene rings is 2. The Kier molecular flexibility index (Phi) is 4.35. The van der Waals surface area contributed by atoms with E-state index in [2.05, 4.69) is 0 Å². The predicted molar refractivity (Wildman–Crippen MR) is 74.7 cm³/mol. The van der Waals surface area contributed by atoms with Crippen molar-refractivity contribution < 1.29 is 13.5 Å². The van der Waals surface area contributed by atoms with Crippen molar-refractivity contribution in [3.05, 3.63) is 64.7 Å². The number of hydrogen-bond acceptors (Lipinski definition) is 2. The minimum Gasteiger partial charge on any atom is -0.491 e. The van der Waals surface area contributed by atoms with Gasteiger partial charge in [0.15, 0.2) is 11.6 Å². The Morgan fingerprint density at radius 3 is 2.50 bits per heavy atom. The molecule has 1 atom stereocenters. The van der Waals surface area contributed by atoms with Crippen molar-refractivity contribution in [2.75, 3.05) is 6.61 Å². The molecule has 0 aliphatic carbocycles. The molecule has 2 nitrogen and oxygen atoms in total. The first kappa shape index (κ1) is 14.5. The molecule has 2 aromatic rings. The van der Waals surface area contributed by atoms with Crippen LogP contribution in [0, 0.1) is 25.5 Å². The fourth-order valence-electron chi connectivity index (χ4n) is 1.88. The Labute approximate surface area is 117 Å². The molecule has 0 radical (unpaired) electrons. The highest BCUT2D eigenvalue weighted by atomic mass is 19.2. The van der Waals surface area contributed by atoms with Crippen LogP contribution in [0.5, 0.6) is 5.75 Å². The quantitative estimate of drug-likeness (QED) is 0.925. The van der Waals surface area contributed by atoms with Crippen LogP contribution in [0.1, 0.15) is 22.7 Å². The number of aryl methyl sites for hydroxylation is 2. The van der Waals surface area contributed by atoms with Crippen molar-refractivity contribution in [3.63, 3.8) is 0 Å². The second-order valence-corrected chi connectivity index (χ2v) is 4.86. The second-order valence-electron chi connectivity index (χ2n) is 4.86. The number of ether oxygens (including phenoxy) is 1. The summed E-state index contributed by atoms with van der Waals surface area (Å²) in [5.74, 6) is -1.02. The highest BCUT2D eigenvalue weighted by molar-refractivity contribution is 5.36. The zero-order chi connectivity index (χ0) is 14.7. The molecule has 0 aliphatic heterocycles. The first-order valence-electron chi connectivity index (χ1n) is 6.38. The fourth-order valence-corrected chi connectivity index (χ4v) is 1.88. The van der Waals surface area contributed by atoms with Crippen LogP contribution in [0.25, 0.3) is 0 Å². The van der Waals surface area contributed by atoms with Crippen molar-refractivity contribution >= 4 is 0 Å². The number of halogens is 2. The Bertz CT molecular complexity index is 613. The molecule has 2 rings (SSSR count). The largest absolute Gasteiger partial charge is 0.491 e. The highest BCUT2D eigenvalue weighted by Crippen LogP contribution is 2.21. The van der Waals surface area contributed by atoms with Gasteiger partial charge in [0.05, 0.1) is 6.04 Å². The van der Waals surface area contributed by atoms with Crippen LogP contribution in [-0.4, -0.2) is 6.61 Å². The van der Waals surface area contributed by atoms with Gasteiger partial charge in [0.25, 0.3) is 0 Å². The first-order chi connectivity index (χ1) is 9.47. The SMILES string of the molecule is Cc1ccc(C)c(OCC(N)c2ccc(F)c(F)c2)c1. The van der Waals surface area contributed by atoms with Gasteiger partial charge >= 0.3 is 0 Å². The van der Waals surface area contributed by atoms with Gasteiger partial charge in [-0.25, -0.2) is 8.78 Å². The van der Waals surface area contributed by atoms with Crippen LogP contribution in [0.15, 0.2) is 36.4 Å². The maximum Gasteiger partial charge on any atom is 0.159 e. The lowest BCUT2D eigenvalue weighted by Crippen LogP contribution is -2.19. The zero-order valence-corrected chi connectivity index (χ0v) is 11.5. The molecule has 0 heterocycles. The van der Waals surface area contributed by atoms with Crippen molar-refractivity contribution in [1.29, 1.82) is 0 Å². The summed E-state index contributed by atoms with van der Waals surface area (Å²) in [6.45, 7) is 4.12. The maximum absolute atomic E-state index is 13.1. The molecular formula is C16H17F2NO. The molecule has 0 saturated carbocycles. The Morgan fingerprint density at radius 1 is 1.05 bits per heavy atom. The first-order valence-corrected chi connectivity index (χ1v) is 6.38. The molecule has 106 valence electrons. The molecule has 0 bridgehead atoms. The number of hydrogen-bond donors (Lipinski definition) is 1. The van der Waals surface area contributed by atoms with E-state index in [9.17, 15) is 8.78 Å². The molecule has 2 N–H and O–H groups in total. The molecule has 0 aliphatic rings. The summed E-state index contributed by atoms with van der Waals surface area (Å²) in [6.07, 6.45) is 0. The maximum atomic E-state index is 13.1. The molecule has 2 aromatic carbocycles. The number of nitrogens with two attached hydrogens (primary N) is 1. The van der Waals surface area contributed by atoms with Gasteiger partial charge in [0.1, 0.15) is 12.4 Å². The van der Waals surface area contributed by atoms with Gasteiger partial charge < -0.3 is 10.5 Å². The lowest BCUT2D eigenvalue weighted by atomic mass is 10.1. The van der Waals surface area contributed by atoms with E-state index in [1.165, 1.54) is 6.07 Å². The minimum absolute atomic E-state index is 0.204. The van der Waals surface area contributed by atoms with Gasteiger partial charge in [-0.2, -0.15) is 0 Å². The van der Waals surface area contributed by atoms with Crippen LogP contribution in [0.4, 0.5) is 8.78 Å². The van der Waals surface area contributed by atoms with Gasteiger partial charge in [-0.05, 0) is 48.7 Å². The normalized spacial score (nSPS) is 12.2. The van der Waals surface area contributed by atoms with Crippen molar-refractivity contribution in [1.82, 2.24) is 0 Å². The average molecular weight is 277 g/mol. The Morgan fingerprint density at radius 2 is 1.80 bits per heavy atom. The lowest BCUT2D eigenvalue weighted by molar-refractivity contribution is 0.288. The average Bonchev–Trinajstić information content (AvgIpc) is 2.42. The third kappa shape index (κ3) is 3.33. The highest BCUT2D eigenvalue weighted by Gasteiger charge is 2.11. The summed E-state index contributed by atoms with van der Waals surface area (Å²) in [5.41, 5.74) is 8.54. The zero-order valence-electron chi connectivity index (χ0n) is 11.5. The van der Waals surface area contributed by atoms with Crippen LogP contribution in [-0.2, 0) is 0 Å². The predicted octanol–water partition coefficient (Wildman–Crippen LogP) is 3.66. The summed E-state index contributed by atoms with van der Waals surface area (Å²) in [5, 5.41) is 0. The van der Waals surface area contributed by atoms with E-state index in [1.54, 1.807) is 0 Å². The topological polar surface area (TPSA) is 35.2 Å². The molecule has 0 spiro atoms. The van der Waals surface area contributed by atoms with E-state index < -0.39 is 17.7 Å². The van der Waals surface area contributed by atoms with Gasteiger partial charge in [-0.3, -0.25) is 0 Å². The van der Waals surface area contributed by atoms with E-state index in [-0.39, 0.29) is 6.61 Å². The third-order valence-electron chi connectivity index (χ3n) is 3.13. The van der Waals surface area contributed by atoms with E-state index in [4.69, 9.17) is 10.5 Å². The van der Waals surface area contributed by atoms with E-state index in [0.29, 0.717) is 5.56 Å². The van der Waals surface area contributed by atoms with Gasteiger partial charge in [-0.1, -0.05) is 18.2 Å². The van der Waals surface area contributed by atoms with Crippen LogP contribution in [0.2, 0.25) is 0 Å². The molecule has 0 fully saturated rings. The molecule has 0 aromatic heterocycles. The molecular weight excluding hydrogens is 260 g/mol. The van der Waals surface area contributed by atoms with Gasteiger partial charge in [0, 0.05) is 0 Å². The van der Waals surface area contributed by atoms with Crippen LogP contribution in [0.3, 0.4) is 0 Å². The molecule has 0 amide bonds. The summed E-state index contributed by atoms with van der Waals surface area (Å²) in [6, 6.07) is 9.02. The number of rotatable bonds is 4. The summed E-state index contributed by atoms with van der Waals surface area (Å²) >= 11 is 0. The van der Waals surface area contributed by atoms with Crippen molar-refractivity contribution in [3.8, 4) is 5.75 Å². The summed E-state index contributed by atoms with van der Waals surface area (Å²) in [7, 11) is 0. The molecule has 20 heavy (non-hydrogen) atoms. The smallest absolute Gasteiger partial charge is 0.159 e. The van der Waals surface area contributed by atoms with Crippen LogP contribution < -0.4 is 10.5 Å². The Balaban J connectivity index is 2.06. The monoisotopic (exact) mass is 277 g/mol. The molecule has 4 heteroatoms. The standard InChI is InChI=1S/C16H17F2NO/c1-10-3-4-11(2)16(7-10)20-9-15(19)12-5-6-13(17)14(18)8-12/h3-8,15H,9,19H2,1-2H3. The van der Waals surface area contributed by atoms with E-state index in [1.807, 2.05) is 32.0 Å². The van der Waals surface area contributed by atoms with E-state index in [0.717, 1.165) is 29.0 Å². The Hall–Kier alpha value is -1.94. The summed E-state index contributed by atoms with van der Waals surface area (Å²) in [4.78, 5) is 0. The van der Waals surface area contributed by atoms with Crippen molar-refractivity contribution in [2.45, 2.75) is 19.9 Å². The van der Waals surface area contributed by atoms with Gasteiger partial charge in [0.2, 0.25) is 0 Å². The van der Waals surface area contributed by atoms with Crippen LogP contribution >= 0.6 is 0 Å². The molecule has 1 unspecified atom stereocenters. The second kappa shape index (κ2) is 6.01. The minimum atomic E-state index is -0.898. The van der Waals surface area contributed by atoms with Crippen molar-refractivity contribution in [2.24, 2.45) is 5.73 Å². The molecule has 0 saturated heterocycles. The lowest BCUT2D eigenvalue weighted by Gasteiger charge is -2.15. The summed E-state index contributed by atoms with van der Waals surface area (Å²) < 4.78 is 31.7. The van der Waals surface area contributed by atoms with E-state index >= 15 is 0 Å². The van der Waals surface area contributed by atoms with Gasteiger partial charge in [-0.15, -0.1) is 0 Å².